The van der Waals surface area contributed by atoms with E-state index in [1.807, 2.05) is 82.3 Å². The zero-order valence-electron chi connectivity index (χ0n) is 17.4. The van der Waals surface area contributed by atoms with Gasteiger partial charge in [0.2, 0.25) is 0 Å². The first-order valence-electron chi connectivity index (χ1n) is 9.89. The second-order valence-electron chi connectivity index (χ2n) is 8.88. The maximum atomic E-state index is 12.5. The molecule has 4 nitrogen and oxygen atoms in total. The predicted molar refractivity (Wildman–Crippen MR) is 115 cm³/mol. The third kappa shape index (κ3) is 3.20. The molecule has 1 aliphatic heterocycles. The SMILES string of the molecule is COC(=O)[C@]1(Cl)[C@H](c2ccccc2)[C@H]1c1ccc(B2OC(C)(C)C(C)(C)O2)cc1. The number of esters is 1. The summed E-state index contributed by atoms with van der Waals surface area (Å²) in [4.78, 5) is 11.4. The van der Waals surface area contributed by atoms with Gasteiger partial charge in [-0.25, -0.2) is 0 Å². The average molecular weight is 413 g/mol. The molecule has 1 saturated heterocycles. The minimum atomic E-state index is -1.08. The van der Waals surface area contributed by atoms with E-state index in [1.165, 1.54) is 7.11 Å². The zero-order chi connectivity index (χ0) is 21.0. The van der Waals surface area contributed by atoms with E-state index < -0.39 is 18.0 Å². The van der Waals surface area contributed by atoms with Crippen LogP contribution >= 0.6 is 11.6 Å². The van der Waals surface area contributed by atoms with Crippen LogP contribution in [-0.2, 0) is 18.8 Å². The van der Waals surface area contributed by atoms with Crippen molar-refractivity contribution in [2.45, 2.75) is 55.6 Å². The van der Waals surface area contributed by atoms with Crippen molar-refractivity contribution in [3.63, 3.8) is 0 Å². The summed E-state index contributed by atoms with van der Waals surface area (Å²) in [5, 5.41) is 0. The average Bonchev–Trinajstić information content (AvgIpc) is 3.26. The number of benzene rings is 2. The smallest absolute Gasteiger partial charge is 0.468 e. The molecule has 0 spiro atoms. The van der Waals surface area contributed by atoms with Crippen LogP contribution in [0, 0.1) is 0 Å². The van der Waals surface area contributed by atoms with Gasteiger partial charge < -0.3 is 14.0 Å². The summed E-state index contributed by atoms with van der Waals surface area (Å²) < 4.78 is 17.3. The molecule has 1 aliphatic carbocycles. The first-order chi connectivity index (χ1) is 13.6. The van der Waals surface area contributed by atoms with Crippen molar-refractivity contribution in [2.24, 2.45) is 0 Å². The van der Waals surface area contributed by atoms with Gasteiger partial charge in [0.25, 0.3) is 0 Å². The lowest BCUT2D eigenvalue weighted by Gasteiger charge is -2.32. The number of methoxy groups -OCH3 is 1. The van der Waals surface area contributed by atoms with E-state index >= 15 is 0 Å². The van der Waals surface area contributed by atoms with Crippen LogP contribution in [0.3, 0.4) is 0 Å². The number of carbonyl (C=O) groups is 1. The van der Waals surface area contributed by atoms with Crippen LogP contribution in [0.25, 0.3) is 0 Å². The molecule has 1 heterocycles. The Hall–Kier alpha value is -1.82. The van der Waals surface area contributed by atoms with Gasteiger partial charge in [-0.15, -0.1) is 11.6 Å². The lowest BCUT2D eigenvalue weighted by atomic mass is 9.78. The molecule has 0 amide bonds. The summed E-state index contributed by atoms with van der Waals surface area (Å²) in [5.74, 6) is -0.667. The highest BCUT2D eigenvalue weighted by atomic mass is 35.5. The minimum absolute atomic E-state index is 0.125. The Morgan fingerprint density at radius 2 is 1.38 bits per heavy atom. The van der Waals surface area contributed by atoms with E-state index in [4.69, 9.17) is 25.6 Å². The molecule has 1 saturated carbocycles. The summed E-state index contributed by atoms with van der Waals surface area (Å²) in [6.07, 6.45) is 0. The Labute approximate surface area is 177 Å². The Morgan fingerprint density at radius 3 is 1.86 bits per heavy atom. The fourth-order valence-electron chi connectivity index (χ4n) is 4.14. The molecule has 2 aromatic carbocycles. The molecule has 0 N–H and O–H groups in total. The molecule has 0 radical (unpaired) electrons. The fourth-order valence-corrected chi connectivity index (χ4v) is 4.66. The molecule has 6 heteroatoms. The van der Waals surface area contributed by atoms with Gasteiger partial charge in [0.15, 0.2) is 4.87 Å². The number of ether oxygens (including phenoxy) is 1. The first-order valence-corrected chi connectivity index (χ1v) is 10.3. The van der Waals surface area contributed by atoms with Crippen LogP contribution in [0.1, 0.15) is 50.7 Å². The largest absolute Gasteiger partial charge is 0.494 e. The molecule has 152 valence electrons. The molecule has 29 heavy (non-hydrogen) atoms. The van der Waals surface area contributed by atoms with Crippen molar-refractivity contribution >= 4 is 30.2 Å². The Kier molecular flexibility index (Phi) is 4.84. The molecular weight excluding hydrogens is 387 g/mol. The molecule has 2 aromatic rings. The van der Waals surface area contributed by atoms with Gasteiger partial charge in [0.1, 0.15) is 0 Å². The third-order valence-corrected chi connectivity index (χ3v) is 7.23. The van der Waals surface area contributed by atoms with Crippen LogP contribution < -0.4 is 5.46 Å². The van der Waals surface area contributed by atoms with E-state index in [9.17, 15) is 4.79 Å². The molecule has 0 bridgehead atoms. The number of hydrogen-bond acceptors (Lipinski definition) is 4. The van der Waals surface area contributed by atoms with E-state index in [0.29, 0.717) is 0 Å². The van der Waals surface area contributed by atoms with Crippen molar-refractivity contribution < 1.29 is 18.8 Å². The van der Waals surface area contributed by atoms with Gasteiger partial charge >= 0.3 is 13.1 Å². The maximum absolute atomic E-state index is 12.5. The minimum Gasteiger partial charge on any atom is -0.468 e. The quantitative estimate of drug-likeness (QED) is 0.432. The highest BCUT2D eigenvalue weighted by Gasteiger charge is 2.70. The van der Waals surface area contributed by atoms with E-state index in [1.54, 1.807) is 0 Å². The lowest BCUT2D eigenvalue weighted by Crippen LogP contribution is -2.41. The topological polar surface area (TPSA) is 44.8 Å². The van der Waals surface area contributed by atoms with E-state index in [2.05, 4.69) is 0 Å². The van der Waals surface area contributed by atoms with Gasteiger partial charge in [-0.1, -0.05) is 54.6 Å². The second kappa shape index (κ2) is 6.87. The predicted octanol–water partition coefficient (Wildman–Crippen LogP) is 4.02. The highest BCUT2D eigenvalue weighted by Crippen LogP contribution is 2.68. The summed E-state index contributed by atoms with van der Waals surface area (Å²) in [6.45, 7) is 8.14. The molecule has 3 atom stereocenters. The van der Waals surface area contributed by atoms with Gasteiger partial charge in [-0.2, -0.15) is 0 Å². The van der Waals surface area contributed by atoms with E-state index in [0.717, 1.165) is 16.6 Å². The fraction of sp³-hybridized carbons (Fsp3) is 0.435. The standard InChI is InChI=1S/C23H26BClO4/c1-21(2)22(3,4)29-24(28-21)17-13-11-16(12-14-17)19-18(15-9-7-6-8-10-15)23(19,25)20(26)27-5/h6-14,18-19H,1-5H3/t18-,19-,23+/m1/s1. The lowest BCUT2D eigenvalue weighted by molar-refractivity contribution is -0.141. The molecular formula is C23H26BClO4. The second-order valence-corrected chi connectivity index (χ2v) is 9.51. The van der Waals surface area contributed by atoms with Crippen molar-refractivity contribution in [2.75, 3.05) is 7.11 Å². The van der Waals surface area contributed by atoms with Crippen LogP contribution in [0.4, 0.5) is 0 Å². The monoisotopic (exact) mass is 412 g/mol. The van der Waals surface area contributed by atoms with Crippen molar-refractivity contribution in [3.05, 3.63) is 65.7 Å². The van der Waals surface area contributed by atoms with Crippen LogP contribution in [0.2, 0.25) is 0 Å². The van der Waals surface area contributed by atoms with Crippen molar-refractivity contribution in [1.82, 2.24) is 0 Å². The Morgan fingerprint density at radius 1 is 0.897 bits per heavy atom. The zero-order valence-corrected chi connectivity index (χ0v) is 18.2. The molecule has 0 unspecified atom stereocenters. The number of alkyl halides is 1. The summed E-state index contributed by atoms with van der Waals surface area (Å²) in [7, 11) is 0.963. The van der Waals surface area contributed by atoms with Crippen LogP contribution in [0.5, 0.6) is 0 Å². The normalized spacial score (nSPS) is 29.5. The van der Waals surface area contributed by atoms with Gasteiger partial charge in [-0.3, -0.25) is 4.79 Å². The Bertz CT molecular complexity index is 896. The van der Waals surface area contributed by atoms with Gasteiger partial charge in [-0.05, 0) is 44.3 Å². The third-order valence-electron chi connectivity index (χ3n) is 6.61. The molecule has 2 fully saturated rings. The number of carbonyl (C=O) groups excluding carboxylic acids is 1. The van der Waals surface area contributed by atoms with Gasteiger partial charge in [0, 0.05) is 11.8 Å². The number of hydrogen-bond donors (Lipinski definition) is 0. The molecule has 0 aromatic heterocycles. The summed E-state index contributed by atoms with van der Waals surface area (Å²) in [6, 6.07) is 17.9. The maximum Gasteiger partial charge on any atom is 0.494 e. The van der Waals surface area contributed by atoms with Crippen molar-refractivity contribution in [1.29, 1.82) is 0 Å². The Balaban J connectivity index is 1.61. The first kappa shape index (κ1) is 20.5. The van der Waals surface area contributed by atoms with Crippen LogP contribution in [0.15, 0.2) is 54.6 Å². The molecule has 2 aliphatic rings. The number of rotatable bonds is 4. The van der Waals surface area contributed by atoms with Crippen LogP contribution in [-0.4, -0.2) is 36.3 Å². The van der Waals surface area contributed by atoms with Crippen molar-refractivity contribution in [3.8, 4) is 0 Å². The number of halogens is 1. The summed E-state index contributed by atoms with van der Waals surface area (Å²) in [5.41, 5.74) is 2.21. The van der Waals surface area contributed by atoms with E-state index in [-0.39, 0.29) is 23.0 Å². The highest BCUT2D eigenvalue weighted by molar-refractivity contribution is 6.62. The van der Waals surface area contributed by atoms with Gasteiger partial charge in [0.05, 0.1) is 18.3 Å². The molecule has 4 rings (SSSR count). The summed E-state index contributed by atoms with van der Waals surface area (Å²) >= 11 is 6.81.